The van der Waals surface area contributed by atoms with Crippen LogP contribution in [0.4, 0.5) is 14.4 Å². The Bertz CT molecular complexity index is 112. The van der Waals surface area contributed by atoms with E-state index in [1.54, 1.807) is 0 Å². The Hall–Kier alpha value is -1.45. The SMILES string of the molecule is O=C(O)O.O=C(O)O.O=C(O)O.[Au]. The van der Waals surface area contributed by atoms with Gasteiger partial charge in [0.1, 0.15) is 0 Å². The van der Waals surface area contributed by atoms with Crippen LogP contribution in [0.25, 0.3) is 0 Å². The van der Waals surface area contributed by atoms with E-state index in [1.165, 1.54) is 0 Å². The Labute approximate surface area is 86.4 Å². The van der Waals surface area contributed by atoms with Crippen molar-refractivity contribution in [2.75, 3.05) is 0 Å². The van der Waals surface area contributed by atoms with Gasteiger partial charge < -0.3 is 30.6 Å². The molecular formula is C3H6AuO9. The zero-order valence-electron chi connectivity index (χ0n) is 5.71. The Balaban J connectivity index is -0.0000000450. The molecule has 0 spiro atoms. The summed E-state index contributed by atoms with van der Waals surface area (Å²) in [5, 5.41) is 41.8. The minimum atomic E-state index is -1.83. The summed E-state index contributed by atoms with van der Waals surface area (Å²) in [5.41, 5.74) is 0. The van der Waals surface area contributed by atoms with Crippen LogP contribution in [0, 0.1) is 0 Å². The molecule has 0 aliphatic heterocycles. The quantitative estimate of drug-likeness (QED) is 0.329. The summed E-state index contributed by atoms with van der Waals surface area (Å²) in [4.78, 5) is 25.7. The Morgan fingerprint density at radius 3 is 0.538 bits per heavy atom. The van der Waals surface area contributed by atoms with Crippen molar-refractivity contribution in [3.05, 3.63) is 0 Å². The van der Waals surface area contributed by atoms with Crippen molar-refractivity contribution in [2.45, 2.75) is 0 Å². The van der Waals surface area contributed by atoms with E-state index in [-0.39, 0.29) is 22.4 Å². The predicted molar refractivity (Wildman–Crippen MR) is 32.0 cm³/mol. The molecule has 0 amide bonds. The maximum Gasteiger partial charge on any atom is 0.503 e. The molecular weight excluding hydrogens is 377 g/mol. The van der Waals surface area contributed by atoms with Crippen LogP contribution in [0.1, 0.15) is 0 Å². The first-order valence-corrected chi connectivity index (χ1v) is 1.95. The molecule has 0 heterocycles. The number of carbonyl (C=O) groups is 3. The van der Waals surface area contributed by atoms with Crippen LogP contribution in [0.5, 0.6) is 0 Å². The molecule has 9 nitrogen and oxygen atoms in total. The summed E-state index contributed by atoms with van der Waals surface area (Å²) in [6, 6.07) is 0. The zero-order chi connectivity index (χ0) is 10.7. The number of hydrogen-bond donors (Lipinski definition) is 6. The van der Waals surface area contributed by atoms with Crippen molar-refractivity contribution in [3.8, 4) is 0 Å². The molecule has 0 rings (SSSR count). The summed E-state index contributed by atoms with van der Waals surface area (Å²) >= 11 is 0. The molecule has 83 valence electrons. The van der Waals surface area contributed by atoms with E-state index in [0.29, 0.717) is 0 Å². The van der Waals surface area contributed by atoms with Gasteiger partial charge in [-0.15, -0.1) is 0 Å². The molecule has 0 bridgehead atoms. The molecule has 0 aromatic carbocycles. The normalized spacial score (nSPS) is 5.54. The molecule has 0 aliphatic rings. The first-order chi connectivity index (χ1) is 5.20. The maximum atomic E-state index is 8.56. The van der Waals surface area contributed by atoms with Gasteiger partial charge in [-0.3, -0.25) is 0 Å². The van der Waals surface area contributed by atoms with Crippen LogP contribution in [-0.2, 0) is 22.4 Å². The van der Waals surface area contributed by atoms with Crippen LogP contribution in [0.2, 0.25) is 0 Å². The van der Waals surface area contributed by atoms with Crippen LogP contribution >= 0.6 is 0 Å². The number of carboxylic acid groups (broad SMARTS) is 6. The molecule has 0 fully saturated rings. The molecule has 0 atom stereocenters. The third kappa shape index (κ3) is 367. The minimum absolute atomic E-state index is 0. The van der Waals surface area contributed by atoms with Crippen LogP contribution in [0.15, 0.2) is 0 Å². The standard InChI is InChI=1S/3CH2O3.Au/c3*2-1(3)4;/h3*(H2,2,3,4);. The maximum absolute atomic E-state index is 8.56. The molecule has 0 aliphatic carbocycles. The molecule has 0 saturated carbocycles. The monoisotopic (exact) mass is 383 g/mol. The predicted octanol–water partition coefficient (Wildman–Crippen LogP) is 0.665. The minimum Gasteiger partial charge on any atom is -0.450 e. The molecule has 0 saturated heterocycles. The molecule has 0 aromatic heterocycles. The second-order valence-electron chi connectivity index (χ2n) is 0.848. The third-order valence-electron chi connectivity index (χ3n) is 0. The molecule has 0 aromatic rings. The fourth-order valence-electron chi connectivity index (χ4n) is 0. The summed E-state index contributed by atoms with van der Waals surface area (Å²) in [5.74, 6) is 0. The van der Waals surface area contributed by atoms with Gasteiger partial charge in [-0.1, -0.05) is 0 Å². The van der Waals surface area contributed by atoms with Crippen molar-refractivity contribution in [3.63, 3.8) is 0 Å². The van der Waals surface area contributed by atoms with E-state index in [0.717, 1.165) is 0 Å². The zero-order valence-corrected chi connectivity index (χ0v) is 7.88. The van der Waals surface area contributed by atoms with Gasteiger partial charge in [0.25, 0.3) is 0 Å². The molecule has 1 radical (unpaired) electrons. The molecule has 0 unspecified atom stereocenters. The van der Waals surface area contributed by atoms with Crippen LogP contribution in [-0.4, -0.2) is 49.1 Å². The van der Waals surface area contributed by atoms with E-state index in [9.17, 15) is 0 Å². The summed E-state index contributed by atoms with van der Waals surface area (Å²) in [6.45, 7) is 0. The van der Waals surface area contributed by atoms with Crippen LogP contribution < -0.4 is 0 Å². The van der Waals surface area contributed by atoms with Crippen molar-refractivity contribution in [1.29, 1.82) is 0 Å². The largest absolute Gasteiger partial charge is 0.503 e. The smallest absolute Gasteiger partial charge is 0.450 e. The van der Waals surface area contributed by atoms with Gasteiger partial charge in [0.05, 0.1) is 0 Å². The van der Waals surface area contributed by atoms with E-state index in [1.807, 2.05) is 0 Å². The first kappa shape index (κ1) is 22.6. The van der Waals surface area contributed by atoms with E-state index >= 15 is 0 Å². The number of hydrogen-bond acceptors (Lipinski definition) is 3. The molecule has 13 heavy (non-hydrogen) atoms. The van der Waals surface area contributed by atoms with Gasteiger partial charge in [0.15, 0.2) is 0 Å². The fraction of sp³-hybridized carbons (Fsp3) is 0. The van der Waals surface area contributed by atoms with Gasteiger partial charge in [0.2, 0.25) is 0 Å². The average molecular weight is 383 g/mol. The summed E-state index contributed by atoms with van der Waals surface area (Å²) < 4.78 is 0. The fourth-order valence-corrected chi connectivity index (χ4v) is 0. The van der Waals surface area contributed by atoms with E-state index in [2.05, 4.69) is 0 Å². The third-order valence-corrected chi connectivity index (χ3v) is 0. The average Bonchev–Trinajstić information content (AvgIpc) is 1.54. The van der Waals surface area contributed by atoms with Gasteiger partial charge in [-0.05, 0) is 0 Å². The van der Waals surface area contributed by atoms with Gasteiger partial charge in [-0.25, -0.2) is 14.4 Å². The topological polar surface area (TPSA) is 173 Å². The number of rotatable bonds is 0. The van der Waals surface area contributed by atoms with E-state index < -0.39 is 18.5 Å². The van der Waals surface area contributed by atoms with Gasteiger partial charge in [-0.2, -0.15) is 0 Å². The van der Waals surface area contributed by atoms with Crippen molar-refractivity contribution < 1.29 is 67.4 Å². The second-order valence-corrected chi connectivity index (χ2v) is 0.848. The van der Waals surface area contributed by atoms with Crippen molar-refractivity contribution in [1.82, 2.24) is 0 Å². The van der Waals surface area contributed by atoms with E-state index in [4.69, 9.17) is 45.0 Å². The van der Waals surface area contributed by atoms with Crippen molar-refractivity contribution in [2.24, 2.45) is 0 Å². The van der Waals surface area contributed by atoms with Crippen LogP contribution in [0.3, 0.4) is 0 Å². The molecule has 10 heteroatoms. The van der Waals surface area contributed by atoms with Crippen molar-refractivity contribution >= 4 is 18.5 Å². The molecule has 6 N–H and O–H groups in total. The second kappa shape index (κ2) is 16.9. The Morgan fingerprint density at radius 2 is 0.538 bits per heavy atom. The Morgan fingerprint density at radius 1 is 0.538 bits per heavy atom. The van der Waals surface area contributed by atoms with Gasteiger partial charge >= 0.3 is 18.5 Å². The summed E-state index contributed by atoms with van der Waals surface area (Å²) in [7, 11) is 0. The first-order valence-electron chi connectivity index (χ1n) is 1.95. The van der Waals surface area contributed by atoms with Gasteiger partial charge in [0, 0.05) is 22.4 Å². The summed E-state index contributed by atoms with van der Waals surface area (Å²) in [6.07, 6.45) is -5.50. The Kier molecular flexibility index (Phi) is 29.3.